The van der Waals surface area contributed by atoms with Gasteiger partial charge in [-0.1, -0.05) is 15.9 Å². The Morgan fingerprint density at radius 3 is 2.89 bits per heavy atom. The van der Waals surface area contributed by atoms with Crippen LogP contribution in [0.4, 0.5) is 0 Å². The maximum Gasteiger partial charge on any atom is 0.119 e. The SMILES string of the molecule is COc1ccc(Br)c(CC(O)c2cnc(C)s2)c1. The van der Waals surface area contributed by atoms with Crippen LogP contribution >= 0.6 is 27.3 Å². The number of halogens is 1. The average molecular weight is 328 g/mol. The van der Waals surface area contributed by atoms with Gasteiger partial charge in [0.1, 0.15) is 5.75 Å². The van der Waals surface area contributed by atoms with Crippen LogP contribution in [0.5, 0.6) is 5.75 Å². The van der Waals surface area contributed by atoms with E-state index in [1.54, 1.807) is 13.3 Å². The molecule has 3 nitrogen and oxygen atoms in total. The third-order valence-corrected chi connectivity index (χ3v) is 4.42. The van der Waals surface area contributed by atoms with E-state index in [1.165, 1.54) is 11.3 Å². The molecule has 2 rings (SSSR count). The second-order valence-electron chi connectivity index (χ2n) is 3.96. The summed E-state index contributed by atoms with van der Waals surface area (Å²) in [4.78, 5) is 5.05. The lowest BCUT2D eigenvalue weighted by atomic mass is 10.1. The van der Waals surface area contributed by atoms with Crippen LogP contribution in [0.25, 0.3) is 0 Å². The molecule has 0 saturated heterocycles. The molecule has 0 amide bonds. The molecule has 96 valence electrons. The standard InChI is InChI=1S/C13H14BrNO2S/c1-8-15-7-13(18-8)12(16)6-9-5-10(17-2)3-4-11(9)14/h3-5,7,12,16H,6H2,1-2H3. The first-order valence-electron chi connectivity index (χ1n) is 5.53. The van der Waals surface area contributed by atoms with Crippen molar-refractivity contribution in [1.82, 2.24) is 4.98 Å². The van der Waals surface area contributed by atoms with Gasteiger partial charge in [-0.25, -0.2) is 4.98 Å². The number of hydrogen-bond donors (Lipinski definition) is 1. The highest BCUT2D eigenvalue weighted by molar-refractivity contribution is 9.10. The summed E-state index contributed by atoms with van der Waals surface area (Å²) in [6.07, 6.45) is 1.75. The quantitative estimate of drug-likeness (QED) is 0.934. The molecule has 2 aromatic rings. The highest BCUT2D eigenvalue weighted by Gasteiger charge is 2.13. The molecule has 0 aliphatic heterocycles. The average Bonchev–Trinajstić information content (AvgIpc) is 2.79. The first kappa shape index (κ1) is 13.5. The zero-order valence-corrected chi connectivity index (χ0v) is 12.6. The summed E-state index contributed by atoms with van der Waals surface area (Å²) in [5.41, 5.74) is 1.02. The predicted octanol–water partition coefficient (Wildman–Crippen LogP) is 3.50. The van der Waals surface area contributed by atoms with E-state index in [1.807, 2.05) is 25.1 Å². The van der Waals surface area contributed by atoms with Gasteiger partial charge in [0.2, 0.25) is 0 Å². The number of benzene rings is 1. The van der Waals surface area contributed by atoms with Crippen molar-refractivity contribution in [2.75, 3.05) is 7.11 Å². The van der Waals surface area contributed by atoms with Crippen LogP contribution < -0.4 is 4.74 Å². The number of thiazole rings is 1. The highest BCUT2D eigenvalue weighted by atomic mass is 79.9. The fraction of sp³-hybridized carbons (Fsp3) is 0.308. The third kappa shape index (κ3) is 3.10. The summed E-state index contributed by atoms with van der Waals surface area (Å²) in [5.74, 6) is 0.792. The Labute approximate surface area is 119 Å². The van der Waals surface area contributed by atoms with E-state index < -0.39 is 6.10 Å². The Balaban J connectivity index is 2.18. The molecule has 5 heteroatoms. The van der Waals surface area contributed by atoms with Crippen molar-refractivity contribution < 1.29 is 9.84 Å². The molecule has 0 radical (unpaired) electrons. The van der Waals surface area contributed by atoms with Gasteiger partial charge in [-0.15, -0.1) is 11.3 Å². The van der Waals surface area contributed by atoms with Gasteiger partial charge >= 0.3 is 0 Å². The third-order valence-electron chi connectivity index (χ3n) is 2.63. The molecule has 1 atom stereocenters. The Morgan fingerprint density at radius 1 is 1.50 bits per heavy atom. The van der Waals surface area contributed by atoms with E-state index >= 15 is 0 Å². The lowest BCUT2D eigenvalue weighted by Crippen LogP contribution is -2.00. The lowest BCUT2D eigenvalue weighted by molar-refractivity contribution is 0.182. The first-order chi connectivity index (χ1) is 8.60. The molecule has 0 bridgehead atoms. The number of aliphatic hydroxyl groups is 1. The minimum Gasteiger partial charge on any atom is -0.497 e. The van der Waals surface area contributed by atoms with Crippen molar-refractivity contribution in [3.8, 4) is 5.75 Å². The molecule has 1 unspecified atom stereocenters. The van der Waals surface area contributed by atoms with E-state index in [0.29, 0.717) is 6.42 Å². The lowest BCUT2D eigenvalue weighted by Gasteiger charge is -2.11. The largest absolute Gasteiger partial charge is 0.497 e. The fourth-order valence-electron chi connectivity index (χ4n) is 1.68. The van der Waals surface area contributed by atoms with Crippen LogP contribution in [0, 0.1) is 6.92 Å². The van der Waals surface area contributed by atoms with E-state index in [-0.39, 0.29) is 0 Å². The van der Waals surface area contributed by atoms with Gasteiger partial charge in [0.05, 0.1) is 23.1 Å². The number of rotatable bonds is 4. The van der Waals surface area contributed by atoms with Crippen LogP contribution in [-0.2, 0) is 6.42 Å². The van der Waals surface area contributed by atoms with E-state index in [9.17, 15) is 5.11 Å². The van der Waals surface area contributed by atoms with Gasteiger partial charge in [-0.3, -0.25) is 0 Å². The highest BCUT2D eigenvalue weighted by Crippen LogP contribution is 2.29. The predicted molar refractivity (Wildman–Crippen MR) is 76.2 cm³/mol. The Morgan fingerprint density at radius 2 is 2.28 bits per heavy atom. The molecule has 0 fully saturated rings. The minimum absolute atomic E-state index is 0.528. The second kappa shape index (κ2) is 5.82. The Kier molecular flexibility index (Phi) is 4.37. The maximum atomic E-state index is 10.2. The van der Waals surface area contributed by atoms with Crippen molar-refractivity contribution in [2.24, 2.45) is 0 Å². The number of methoxy groups -OCH3 is 1. The van der Waals surface area contributed by atoms with Crippen LogP contribution in [0.3, 0.4) is 0 Å². The molecular formula is C13H14BrNO2S. The maximum absolute atomic E-state index is 10.2. The number of hydrogen-bond acceptors (Lipinski definition) is 4. The molecule has 0 spiro atoms. The summed E-state index contributed by atoms with van der Waals surface area (Å²) in [6, 6.07) is 5.75. The monoisotopic (exact) mass is 327 g/mol. The number of nitrogens with zero attached hydrogens (tertiary/aromatic N) is 1. The van der Waals surface area contributed by atoms with Gasteiger partial charge < -0.3 is 9.84 Å². The molecule has 18 heavy (non-hydrogen) atoms. The Hall–Kier alpha value is -0.910. The minimum atomic E-state index is -0.528. The fourth-order valence-corrected chi connectivity index (χ4v) is 2.86. The molecule has 1 aromatic heterocycles. The molecular weight excluding hydrogens is 314 g/mol. The second-order valence-corrected chi connectivity index (χ2v) is 6.08. The topological polar surface area (TPSA) is 42.4 Å². The Bertz CT molecular complexity index is 542. The van der Waals surface area contributed by atoms with E-state index in [2.05, 4.69) is 20.9 Å². The van der Waals surface area contributed by atoms with Gasteiger partial charge in [0.15, 0.2) is 0 Å². The molecule has 0 aliphatic rings. The smallest absolute Gasteiger partial charge is 0.119 e. The molecule has 1 heterocycles. The van der Waals surface area contributed by atoms with Crippen LogP contribution in [0.2, 0.25) is 0 Å². The number of aromatic nitrogens is 1. The summed E-state index contributed by atoms with van der Waals surface area (Å²) < 4.78 is 6.16. The van der Waals surface area contributed by atoms with Crippen molar-refractivity contribution in [3.05, 3.63) is 44.3 Å². The molecule has 0 saturated carbocycles. The zero-order valence-electron chi connectivity index (χ0n) is 10.2. The molecule has 1 N–H and O–H groups in total. The van der Waals surface area contributed by atoms with Gasteiger partial charge in [0.25, 0.3) is 0 Å². The van der Waals surface area contributed by atoms with E-state index in [4.69, 9.17) is 4.74 Å². The van der Waals surface area contributed by atoms with Gasteiger partial charge in [0, 0.05) is 17.1 Å². The van der Waals surface area contributed by atoms with E-state index in [0.717, 1.165) is 25.7 Å². The number of aliphatic hydroxyl groups excluding tert-OH is 1. The van der Waals surface area contributed by atoms with Crippen molar-refractivity contribution in [2.45, 2.75) is 19.4 Å². The normalized spacial score (nSPS) is 12.4. The number of aryl methyl sites for hydroxylation is 1. The zero-order chi connectivity index (χ0) is 13.1. The summed E-state index contributed by atoms with van der Waals surface area (Å²) >= 11 is 5.01. The summed E-state index contributed by atoms with van der Waals surface area (Å²) in [7, 11) is 1.63. The molecule has 0 aliphatic carbocycles. The van der Waals surface area contributed by atoms with Crippen LogP contribution in [0.1, 0.15) is 21.6 Å². The van der Waals surface area contributed by atoms with Crippen molar-refractivity contribution >= 4 is 27.3 Å². The number of ether oxygens (including phenoxy) is 1. The van der Waals surface area contributed by atoms with Gasteiger partial charge in [-0.2, -0.15) is 0 Å². The van der Waals surface area contributed by atoms with Gasteiger partial charge in [-0.05, 0) is 30.7 Å². The molecule has 1 aromatic carbocycles. The van der Waals surface area contributed by atoms with Crippen LogP contribution in [0.15, 0.2) is 28.9 Å². The van der Waals surface area contributed by atoms with Crippen molar-refractivity contribution in [1.29, 1.82) is 0 Å². The first-order valence-corrected chi connectivity index (χ1v) is 7.14. The summed E-state index contributed by atoms with van der Waals surface area (Å²) in [6.45, 7) is 1.93. The van der Waals surface area contributed by atoms with Crippen molar-refractivity contribution in [3.63, 3.8) is 0 Å². The summed E-state index contributed by atoms with van der Waals surface area (Å²) in [5, 5.41) is 11.2. The van der Waals surface area contributed by atoms with Crippen LogP contribution in [-0.4, -0.2) is 17.2 Å².